The molecule has 0 fully saturated rings. The Labute approximate surface area is 261 Å². The Morgan fingerprint density at radius 2 is 1.95 bits per heavy atom. The van der Waals surface area contributed by atoms with E-state index in [9.17, 15) is 9.59 Å². The molecule has 3 aromatic heterocycles. The molecule has 0 bridgehead atoms. The summed E-state index contributed by atoms with van der Waals surface area (Å²) < 4.78 is 1.44. The minimum atomic E-state index is -0.890. The standard InChI is InChI=1S/C29H23Cl2N11O2/c1-17-13-34-22(14-33-17)15-35-26(44)11-23(29-38-27(28(31)39-29)19-4-2-18(12-32)3-5-19)37-25(43)9-6-20-10-21(30)7-8-24(20)42-16-36-40-41-42/h2-10,13-14,16,23H,11,15H2,1H3,(H,35,44)(H,37,43)(H,38,39)/t23-/m0/s1. The molecule has 0 saturated carbocycles. The number of nitrogens with one attached hydrogen (secondary N) is 3. The van der Waals surface area contributed by atoms with Crippen LogP contribution in [0.1, 0.15) is 40.8 Å². The number of benzene rings is 2. The molecule has 0 aliphatic rings. The number of nitriles is 1. The van der Waals surface area contributed by atoms with Gasteiger partial charge in [0.15, 0.2) is 0 Å². The SMILES string of the molecule is Cc1cnc(CNC(=O)C[C@H](NC(=O)C=Cc2cc(Cl)ccc2-n2cnnn2)c2nc(-c3ccc(C#N)cc3)c(Cl)[nH]2)cn1. The second-order valence-corrected chi connectivity index (χ2v) is 10.3. The molecule has 3 N–H and O–H groups in total. The smallest absolute Gasteiger partial charge is 0.244 e. The molecule has 1 atom stereocenters. The van der Waals surface area contributed by atoms with Crippen molar-refractivity contribution >= 4 is 41.1 Å². The number of aromatic nitrogens is 8. The predicted molar refractivity (Wildman–Crippen MR) is 161 cm³/mol. The molecule has 13 nitrogen and oxygen atoms in total. The lowest BCUT2D eigenvalue weighted by Gasteiger charge is -2.16. The van der Waals surface area contributed by atoms with E-state index < -0.39 is 11.9 Å². The van der Waals surface area contributed by atoms with Gasteiger partial charge in [0.25, 0.3) is 0 Å². The fraction of sp³-hybridized carbons (Fsp3) is 0.138. The van der Waals surface area contributed by atoms with Crippen LogP contribution in [0.4, 0.5) is 0 Å². The van der Waals surface area contributed by atoms with E-state index in [-0.39, 0.29) is 29.9 Å². The molecule has 0 aliphatic carbocycles. The quantitative estimate of drug-likeness (QED) is 0.193. The highest BCUT2D eigenvalue weighted by molar-refractivity contribution is 6.32. The summed E-state index contributed by atoms with van der Waals surface area (Å²) in [4.78, 5) is 42.2. The fourth-order valence-electron chi connectivity index (χ4n) is 4.13. The predicted octanol–water partition coefficient (Wildman–Crippen LogP) is 3.91. The summed E-state index contributed by atoms with van der Waals surface area (Å²) in [5, 5.41) is 26.6. The molecule has 5 rings (SSSR count). The van der Waals surface area contributed by atoms with Crippen LogP contribution >= 0.6 is 23.2 Å². The molecular weight excluding hydrogens is 605 g/mol. The van der Waals surface area contributed by atoms with Gasteiger partial charge in [-0.25, -0.2) is 4.98 Å². The number of imidazole rings is 1. The maximum absolute atomic E-state index is 13.2. The zero-order chi connectivity index (χ0) is 31.1. The van der Waals surface area contributed by atoms with Crippen LogP contribution in [0.25, 0.3) is 23.0 Å². The van der Waals surface area contributed by atoms with E-state index in [1.165, 1.54) is 17.1 Å². The summed E-state index contributed by atoms with van der Waals surface area (Å²) in [7, 11) is 0. The van der Waals surface area contributed by atoms with Crippen molar-refractivity contribution in [3.8, 4) is 23.0 Å². The minimum Gasteiger partial charge on any atom is -0.350 e. The first-order valence-corrected chi connectivity index (χ1v) is 13.9. The first kappa shape index (κ1) is 30.0. The number of hydrogen-bond donors (Lipinski definition) is 3. The Balaban J connectivity index is 1.37. The van der Waals surface area contributed by atoms with E-state index in [0.717, 1.165) is 5.69 Å². The highest BCUT2D eigenvalue weighted by atomic mass is 35.5. The van der Waals surface area contributed by atoms with Crippen LogP contribution in [0, 0.1) is 18.3 Å². The van der Waals surface area contributed by atoms with Crippen molar-refractivity contribution in [3.05, 3.63) is 106 Å². The fourth-order valence-corrected chi connectivity index (χ4v) is 4.55. The highest BCUT2D eigenvalue weighted by Crippen LogP contribution is 2.29. The number of amides is 2. The Morgan fingerprint density at radius 1 is 1.14 bits per heavy atom. The monoisotopic (exact) mass is 627 g/mol. The lowest BCUT2D eigenvalue weighted by molar-refractivity contribution is -0.122. The number of hydrogen-bond acceptors (Lipinski definition) is 9. The Kier molecular flexibility index (Phi) is 9.34. The molecule has 0 unspecified atom stereocenters. The van der Waals surface area contributed by atoms with E-state index >= 15 is 0 Å². The molecule has 220 valence electrons. The van der Waals surface area contributed by atoms with Crippen molar-refractivity contribution in [1.29, 1.82) is 5.26 Å². The summed E-state index contributed by atoms with van der Waals surface area (Å²) in [6.07, 6.45) is 7.31. The van der Waals surface area contributed by atoms with E-state index in [1.807, 2.05) is 6.92 Å². The van der Waals surface area contributed by atoms with E-state index in [4.69, 9.17) is 28.5 Å². The van der Waals surface area contributed by atoms with Gasteiger partial charge in [0, 0.05) is 28.4 Å². The number of tetrazole rings is 1. The molecule has 15 heteroatoms. The molecule has 3 heterocycles. The maximum atomic E-state index is 13.2. The highest BCUT2D eigenvalue weighted by Gasteiger charge is 2.23. The second kappa shape index (κ2) is 13.7. The van der Waals surface area contributed by atoms with Gasteiger partial charge in [0.05, 0.1) is 53.9 Å². The van der Waals surface area contributed by atoms with Crippen molar-refractivity contribution in [2.24, 2.45) is 0 Å². The van der Waals surface area contributed by atoms with Crippen molar-refractivity contribution < 1.29 is 9.59 Å². The van der Waals surface area contributed by atoms with Gasteiger partial charge in [-0.05, 0) is 53.8 Å². The number of aryl methyl sites for hydroxylation is 1. The van der Waals surface area contributed by atoms with E-state index in [1.54, 1.807) is 60.9 Å². The van der Waals surface area contributed by atoms with Gasteiger partial charge in [0.2, 0.25) is 11.8 Å². The molecule has 0 spiro atoms. The lowest BCUT2D eigenvalue weighted by Crippen LogP contribution is -2.33. The van der Waals surface area contributed by atoms with Crippen molar-refractivity contribution in [2.45, 2.75) is 25.9 Å². The van der Waals surface area contributed by atoms with Crippen LogP contribution in [0.2, 0.25) is 10.2 Å². The Hall–Kier alpha value is -5.45. The summed E-state index contributed by atoms with van der Waals surface area (Å²) in [6.45, 7) is 1.97. The molecule has 0 saturated heterocycles. The van der Waals surface area contributed by atoms with E-state index in [2.05, 4.69) is 52.2 Å². The third-order valence-electron chi connectivity index (χ3n) is 6.30. The first-order chi connectivity index (χ1) is 21.3. The van der Waals surface area contributed by atoms with Crippen LogP contribution in [-0.4, -0.2) is 52.0 Å². The zero-order valence-electron chi connectivity index (χ0n) is 23.1. The summed E-state index contributed by atoms with van der Waals surface area (Å²) in [5.41, 5.74) is 4.06. The third kappa shape index (κ3) is 7.49. The molecule has 44 heavy (non-hydrogen) atoms. The Bertz CT molecular complexity index is 1850. The van der Waals surface area contributed by atoms with Crippen LogP contribution in [0.5, 0.6) is 0 Å². The molecule has 2 amide bonds. The number of aromatic amines is 1. The van der Waals surface area contributed by atoms with Gasteiger partial charge in [-0.2, -0.15) is 9.94 Å². The van der Waals surface area contributed by atoms with Crippen LogP contribution < -0.4 is 10.6 Å². The van der Waals surface area contributed by atoms with Gasteiger partial charge in [-0.3, -0.25) is 19.6 Å². The number of nitrogens with zero attached hydrogens (tertiary/aromatic N) is 8. The number of H-pyrrole nitrogens is 1. The number of carbonyl (C=O) groups excluding carboxylic acids is 2. The Morgan fingerprint density at radius 3 is 2.66 bits per heavy atom. The first-order valence-electron chi connectivity index (χ1n) is 13.1. The maximum Gasteiger partial charge on any atom is 0.244 e. The van der Waals surface area contributed by atoms with Crippen molar-refractivity contribution in [1.82, 2.24) is 50.8 Å². The number of rotatable bonds is 10. The van der Waals surface area contributed by atoms with Gasteiger partial charge in [-0.1, -0.05) is 35.3 Å². The largest absolute Gasteiger partial charge is 0.350 e. The summed E-state index contributed by atoms with van der Waals surface area (Å²) in [5.74, 6) is -0.620. The molecule has 2 aromatic carbocycles. The van der Waals surface area contributed by atoms with Gasteiger partial charge >= 0.3 is 0 Å². The normalized spacial score (nSPS) is 11.7. The van der Waals surface area contributed by atoms with Gasteiger partial charge in [0.1, 0.15) is 23.0 Å². The van der Waals surface area contributed by atoms with Crippen LogP contribution in [-0.2, 0) is 16.1 Å². The van der Waals surface area contributed by atoms with Crippen LogP contribution in [0.3, 0.4) is 0 Å². The minimum absolute atomic E-state index is 0.150. The summed E-state index contributed by atoms with van der Waals surface area (Å²) in [6, 6.07) is 12.9. The summed E-state index contributed by atoms with van der Waals surface area (Å²) >= 11 is 12.7. The lowest BCUT2D eigenvalue weighted by atomic mass is 10.1. The second-order valence-electron chi connectivity index (χ2n) is 9.46. The number of carbonyl (C=O) groups is 2. The average Bonchev–Trinajstić information content (AvgIpc) is 3.70. The van der Waals surface area contributed by atoms with E-state index in [0.29, 0.717) is 38.8 Å². The topological polar surface area (TPSA) is 180 Å². The molecular formula is C29H23Cl2N11O2. The van der Waals surface area contributed by atoms with Gasteiger partial charge in [-0.15, -0.1) is 5.10 Å². The van der Waals surface area contributed by atoms with Crippen molar-refractivity contribution in [3.63, 3.8) is 0 Å². The van der Waals surface area contributed by atoms with Crippen molar-refractivity contribution in [2.75, 3.05) is 0 Å². The van der Waals surface area contributed by atoms with Gasteiger partial charge < -0.3 is 15.6 Å². The molecule has 0 aliphatic heterocycles. The van der Waals surface area contributed by atoms with Crippen LogP contribution in [0.15, 0.2) is 67.3 Å². The zero-order valence-corrected chi connectivity index (χ0v) is 24.6. The molecule has 5 aromatic rings. The molecule has 0 radical (unpaired) electrons. The number of halogens is 2. The average molecular weight is 628 g/mol. The third-order valence-corrected chi connectivity index (χ3v) is 6.81.